The van der Waals surface area contributed by atoms with E-state index in [0.717, 1.165) is 19.1 Å². The van der Waals surface area contributed by atoms with Gasteiger partial charge < -0.3 is 4.79 Å². The largest absolute Gasteiger partial charge is 0.303 e. The molecule has 0 amide bonds. The number of allylic oxidation sites excluding steroid dienone is 1. The molecule has 0 aliphatic heterocycles. The van der Waals surface area contributed by atoms with E-state index in [2.05, 4.69) is 0 Å². The molecular weight excluding hydrogens is 136 g/mol. The van der Waals surface area contributed by atoms with Gasteiger partial charge in [-0.05, 0) is 12.8 Å². The van der Waals surface area contributed by atoms with Crippen molar-refractivity contribution in [1.82, 2.24) is 0 Å². The highest BCUT2D eigenvalue weighted by molar-refractivity contribution is 6.25. The van der Waals surface area contributed by atoms with E-state index in [0.29, 0.717) is 0 Å². The van der Waals surface area contributed by atoms with E-state index in [-0.39, 0.29) is 5.92 Å². The zero-order chi connectivity index (χ0) is 7.11. The summed E-state index contributed by atoms with van der Waals surface area (Å²) in [5.41, 5.74) is 1.45. The summed E-state index contributed by atoms with van der Waals surface area (Å²) >= 11 is 5.26. The Kier molecular flexibility index (Phi) is 5.64. The molecule has 1 nitrogen and oxygen atoms in total. The van der Waals surface area contributed by atoms with Gasteiger partial charge in [0.05, 0.1) is 0 Å². The molecule has 0 bridgehead atoms. The third kappa shape index (κ3) is 4.22. The van der Waals surface area contributed by atoms with Gasteiger partial charge in [0.15, 0.2) is 0 Å². The van der Waals surface area contributed by atoms with Crippen molar-refractivity contribution in [3.63, 3.8) is 0 Å². The van der Waals surface area contributed by atoms with Crippen LogP contribution in [0.25, 0.3) is 0 Å². The molecular formula is C7H11ClO. The highest BCUT2D eigenvalue weighted by Gasteiger charge is 1.98. The summed E-state index contributed by atoms with van der Waals surface area (Å²) in [6.07, 6.45) is 4.43. The lowest BCUT2D eigenvalue weighted by Gasteiger charge is -1.99. The fourth-order valence-corrected chi connectivity index (χ4v) is 0.648. The number of hydrogen-bond acceptors (Lipinski definition) is 1. The first-order valence-electron chi connectivity index (χ1n) is 3.05. The van der Waals surface area contributed by atoms with Crippen molar-refractivity contribution in [3.8, 4) is 0 Å². The SMILES string of the molecule is CCC(C=O)C/C=C/Cl. The lowest BCUT2D eigenvalue weighted by molar-refractivity contribution is -0.111. The molecule has 0 spiro atoms. The van der Waals surface area contributed by atoms with Crippen LogP contribution in [0.1, 0.15) is 19.8 Å². The molecule has 0 aromatic heterocycles. The fourth-order valence-electron chi connectivity index (χ4n) is 0.545. The molecule has 0 aromatic rings. The van der Waals surface area contributed by atoms with E-state index in [1.54, 1.807) is 6.08 Å². The highest BCUT2D eigenvalue weighted by Crippen LogP contribution is 2.04. The predicted molar refractivity (Wildman–Crippen MR) is 39.5 cm³/mol. The fraction of sp³-hybridized carbons (Fsp3) is 0.571. The van der Waals surface area contributed by atoms with Crippen molar-refractivity contribution < 1.29 is 4.79 Å². The summed E-state index contributed by atoms with van der Waals surface area (Å²) in [5.74, 6) is 0.153. The highest BCUT2D eigenvalue weighted by atomic mass is 35.5. The molecule has 52 valence electrons. The summed E-state index contributed by atoms with van der Waals surface area (Å²) in [5, 5.41) is 0. The minimum atomic E-state index is 0.153. The number of hydrogen-bond donors (Lipinski definition) is 0. The number of aldehydes is 1. The van der Waals surface area contributed by atoms with Crippen molar-refractivity contribution in [2.45, 2.75) is 19.8 Å². The van der Waals surface area contributed by atoms with Crippen LogP contribution in [0.3, 0.4) is 0 Å². The monoisotopic (exact) mass is 146 g/mol. The van der Waals surface area contributed by atoms with Gasteiger partial charge in [0.2, 0.25) is 0 Å². The van der Waals surface area contributed by atoms with Crippen LogP contribution in [0.2, 0.25) is 0 Å². The minimum absolute atomic E-state index is 0.153. The molecule has 0 rings (SSSR count). The van der Waals surface area contributed by atoms with Gasteiger partial charge in [0, 0.05) is 11.5 Å². The lowest BCUT2D eigenvalue weighted by Crippen LogP contribution is -1.96. The van der Waals surface area contributed by atoms with E-state index >= 15 is 0 Å². The van der Waals surface area contributed by atoms with Gasteiger partial charge in [0.25, 0.3) is 0 Å². The maximum absolute atomic E-state index is 10.2. The van der Waals surface area contributed by atoms with Gasteiger partial charge in [-0.1, -0.05) is 24.6 Å². The summed E-state index contributed by atoms with van der Waals surface area (Å²) in [6, 6.07) is 0. The normalized spacial score (nSPS) is 14.0. The molecule has 2 heteroatoms. The standard InChI is InChI=1S/C7H11ClO/c1-2-7(6-9)4-3-5-8/h3,5-7H,2,4H2,1H3/b5-3+. The molecule has 0 saturated heterocycles. The van der Waals surface area contributed by atoms with Crippen LogP contribution in [0.4, 0.5) is 0 Å². The first-order valence-corrected chi connectivity index (χ1v) is 3.49. The first kappa shape index (κ1) is 8.70. The molecule has 0 radical (unpaired) electrons. The number of carbonyl (C=O) groups excluding carboxylic acids is 1. The molecule has 0 N–H and O–H groups in total. The number of rotatable bonds is 4. The second kappa shape index (κ2) is 5.83. The average molecular weight is 147 g/mol. The maximum Gasteiger partial charge on any atom is 0.123 e. The van der Waals surface area contributed by atoms with Gasteiger partial charge in [-0.15, -0.1) is 0 Å². The Balaban J connectivity index is 3.42. The van der Waals surface area contributed by atoms with Gasteiger partial charge >= 0.3 is 0 Å². The zero-order valence-corrected chi connectivity index (χ0v) is 6.27. The molecule has 0 aromatic carbocycles. The average Bonchev–Trinajstić information content (AvgIpc) is 1.91. The van der Waals surface area contributed by atoms with E-state index in [1.165, 1.54) is 5.54 Å². The predicted octanol–water partition coefficient (Wildman–Crippen LogP) is 2.35. The van der Waals surface area contributed by atoms with Crippen molar-refractivity contribution in [1.29, 1.82) is 0 Å². The third-order valence-corrected chi connectivity index (χ3v) is 1.42. The van der Waals surface area contributed by atoms with Gasteiger partial charge in [-0.2, -0.15) is 0 Å². The number of halogens is 1. The van der Waals surface area contributed by atoms with Crippen LogP contribution < -0.4 is 0 Å². The quantitative estimate of drug-likeness (QED) is 0.557. The van der Waals surface area contributed by atoms with Crippen molar-refractivity contribution in [2.24, 2.45) is 5.92 Å². The summed E-state index contributed by atoms with van der Waals surface area (Å²) < 4.78 is 0. The lowest BCUT2D eigenvalue weighted by atomic mass is 10.1. The number of carbonyl (C=O) groups is 1. The summed E-state index contributed by atoms with van der Waals surface area (Å²) in [6.45, 7) is 1.99. The van der Waals surface area contributed by atoms with Crippen molar-refractivity contribution in [3.05, 3.63) is 11.6 Å². The smallest absolute Gasteiger partial charge is 0.123 e. The van der Waals surface area contributed by atoms with E-state index in [1.807, 2.05) is 6.92 Å². The second-order valence-electron chi connectivity index (χ2n) is 1.90. The van der Waals surface area contributed by atoms with Gasteiger partial charge in [-0.3, -0.25) is 0 Å². The van der Waals surface area contributed by atoms with Crippen LogP contribution in [-0.4, -0.2) is 6.29 Å². The molecule has 0 fully saturated rings. The third-order valence-electron chi connectivity index (χ3n) is 1.24. The molecule has 1 atom stereocenters. The topological polar surface area (TPSA) is 17.1 Å². The van der Waals surface area contributed by atoms with Gasteiger partial charge in [0.1, 0.15) is 6.29 Å². The van der Waals surface area contributed by atoms with Crippen LogP contribution >= 0.6 is 11.6 Å². The second-order valence-corrected chi connectivity index (χ2v) is 2.15. The molecule has 0 heterocycles. The van der Waals surface area contributed by atoms with E-state index < -0.39 is 0 Å². The Hall–Kier alpha value is -0.300. The van der Waals surface area contributed by atoms with Crippen LogP contribution in [0.15, 0.2) is 11.6 Å². The Morgan fingerprint density at radius 1 is 1.67 bits per heavy atom. The van der Waals surface area contributed by atoms with E-state index in [9.17, 15) is 4.79 Å². The molecule has 0 aliphatic carbocycles. The van der Waals surface area contributed by atoms with Crippen LogP contribution in [0.5, 0.6) is 0 Å². The van der Waals surface area contributed by atoms with Crippen LogP contribution in [0, 0.1) is 5.92 Å². The zero-order valence-electron chi connectivity index (χ0n) is 5.51. The molecule has 0 saturated carbocycles. The minimum Gasteiger partial charge on any atom is -0.303 e. The van der Waals surface area contributed by atoms with Crippen molar-refractivity contribution in [2.75, 3.05) is 0 Å². The van der Waals surface area contributed by atoms with Crippen LogP contribution in [-0.2, 0) is 4.79 Å². The Morgan fingerprint density at radius 2 is 2.33 bits per heavy atom. The molecule has 0 aliphatic rings. The Bertz CT molecular complexity index is 99.1. The van der Waals surface area contributed by atoms with Gasteiger partial charge in [-0.25, -0.2) is 0 Å². The maximum atomic E-state index is 10.2. The van der Waals surface area contributed by atoms with E-state index in [4.69, 9.17) is 11.6 Å². The Morgan fingerprint density at radius 3 is 2.67 bits per heavy atom. The molecule has 1 unspecified atom stereocenters. The summed E-state index contributed by atoms with van der Waals surface area (Å²) in [4.78, 5) is 10.2. The first-order chi connectivity index (χ1) is 4.35. The Labute approximate surface area is 60.7 Å². The summed E-state index contributed by atoms with van der Waals surface area (Å²) in [7, 11) is 0. The van der Waals surface area contributed by atoms with Crippen molar-refractivity contribution >= 4 is 17.9 Å². The molecule has 9 heavy (non-hydrogen) atoms.